The summed E-state index contributed by atoms with van der Waals surface area (Å²) in [6, 6.07) is 35.4. The third-order valence-corrected chi connectivity index (χ3v) is 6.35. The summed E-state index contributed by atoms with van der Waals surface area (Å²) in [5.74, 6) is 0. The van der Waals surface area contributed by atoms with Gasteiger partial charge in [-0.1, -0.05) is 84.9 Å². The summed E-state index contributed by atoms with van der Waals surface area (Å²) in [6.07, 6.45) is 0. The lowest BCUT2D eigenvalue weighted by atomic mass is 9.90. The molecule has 1 aromatic heterocycles. The van der Waals surface area contributed by atoms with Crippen molar-refractivity contribution in [3.63, 3.8) is 0 Å². The Kier molecular flexibility index (Phi) is 2.80. The average molecular weight is 367 g/mol. The topological polar surface area (TPSA) is 15.8 Å². The van der Waals surface area contributed by atoms with Crippen LogP contribution in [0.5, 0.6) is 0 Å². The van der Waals surface area contributed by atoms with Gasteiger partial charge in [0.15, 0.2) is 0 Å². The molecule has 0 atom stereocenters. The van der Waals surface area contributed by atoms with E-state index in [-0.39, 0.29) is 0 Å². The first kappa shape index (κ1) is 15.1. The number of para-hydroxylation sites is 1. The summed E-state index contributed by atoms with van der Waals surface area (Å²) < 4.78 is 0. The molecule has 0 saturated carbocycles. The molecule has 134 valence electrons. The summed E-state index contributed by atoms with van der Waals surface area (Å²) in [5, 5.41) is 5.24. The molecule has 1 heterocycles. The molecule has 7 rings (SSSR count). The highest BCUT2D eigenvalue weighted by Gasteiger charge is 2.23. The molecule has 6 aromatic rings. The van der Waals surface area contributed by atoms with Gasteiger partial charge in [-0.15, -0.1) is 0 Å². The predicted octanol–water partition coefficient (Wildman–Crippen LogP) is 7.79. The second kappa shape index (κ2) is 5.36. The fourth-order valence-corrected chi connectivity index (χ4v) is 5.17. The molecule has 0 fully saturated rings. The molecule has 0 unspecified atom stereocenters. The molecule has 1 nitrogen and oxygen atoms in total. The Bertz CT molecular complexity index is 1590. The Morgan fingerprint density at radius 3 is 1.97 bits per heavy atom. The van der Waals surface area contributed by atoms with Gasteiger partial charge in [-0.05, 0) is 50.7 Å². The van der Waals surface area contributed by atoms with Gasteiger partial charge in [0.05, 0.1) is 0 Å². The zero-order valence-corrected chi connectivity index (χ0v) is 15.7. The monoisotopic (exact) mass is 367 g/mol. The highest BCUT2D eigenvalue weighted by atomic mass is 14.7. The van der Waals surface area contributed by atoms with Crippen LogP contribution < -0.4 is 0 Å². The highest BCUT2D eigenvalue weighted by Crippen LogP contribution is 2.50. The standard InChI is InChI=1S/C28H17N/c1-2-10-20-18(9-1)19-12-5-7-17-8-6-13-21(26(17)19)22-15-16-25-28(27(20)22)23-11-3-4-14-24(23)29-25/h1-16,29H. The predicted molar refractivity (Wildman–Crippen MR) is 123 cm³/mol. The lowest BCUT2D eigenvalue weighted by Crippen LogP contribution is -1.86. The zero-order valence-electron chi connectivity index (χ0n) is 15.7. The van der Waals surface area contributed by atoms with E-state index in [4.69, 9.17) is 0 Å². The van der Waals surface area contributed by atoms with E-state index in [0.29, 0.717) is 0 Å². The van der Waals surface area contributed by atoms with E-state index in [9.17, 15) is 0 Å². The van der Waals surface area contributed by atoms with E-state index in [1.807, 2.05) is 0 Å². The molecule has 0 amide bonds. The smallest absolute Gasteiger partial charge is 0.0471 e. The summed E-state index contributed by atoms with van der Waals surface area (Å²) >= 11 is 0. The fraction of sp³-hybridized carbons (Fsp3) is 0. The SMILES string of the molecule is c1ccc2c(c1)-c1cccc3cccc(c13)-c1ccc3[nH]c4ccccc4c3c1-2. The average Bonchev–Trinajstić information content (AvgIpc) is 3.11. The van der Waals surface area contributed by atoms with Crippen LogP contribution in [0, 0.1) is 0 Å². The van der Waals surface area contributed by atoms with Gasteiger partial charge in [-0.3, -0.25) is 0 Å². The normalized spacial score (nSPS) is 12.1. The van der Waals surface area contributed by atoms with Crippen LogP contribution in [0.15, 0.2) is 97.1 Å². The quantitative estimate of drug-likeness (QED) is 0.281. The van der Waals surface area contributed by atoms with Crippen LogP contribution in [0.2, 0.25) is 0 Å². The van der Waals surface area contributed by atoms with Crippen molar-refractivity contribution in [3.8, 4) is 33.4 Å². The van der Waals surface area contributed by atoms with Gasteiger partial charge < -0.3 is 4.98 Å². The Balaban J connectivity index is 1.81. The molecule has 29 heavy (non-hydrogen) atoms. The first-order valence-electron chi connectivity index (χ1n) is 10.1. The number of rotatable bonds is 0. The van der Waals surface area contributed by atoms with Crippen LogP contribution in [-0.2, 0) is 0 Å². The van der Waals surface area contributed by atoms with Crippen LogP contribution >= 0.6 is 0 Å². The molecule has 1 aliphatic carbocycles. The van der Waals surface area contributed by atoms with Crippen LogP contribution in [0.25, 0.3) is 66.0 Å². The van der Waals surface area contributed by atoms with Gasteiger partial charge in [0.2, 0.25) is 0 Å². The first-order chi connectivity index (χ1) is 14.4. The third kappa shape index (κ3) is 1.89. The van der Waals surface area contributed by atoms with E-state index in [2.05, 4.69) is 102 Å². The Morgan fingerprint density at radius 1 is 0.414 bits per heavy atom. The maximum Gasteiger partial charge on any atom is 0.0471 e. The highest BCUT2D eigenvalue weighted by molar-refractivity contribution is 6.22. The van der Waals surface area contributed by atoms with Gasteiger partial charge >= 0.3 is 0 Å². The van der Waals surface area contributed by atoms with E-state index >= 15 is 0 Å². The number of hydrogen-bond acceptors (Lipinski definition) is 0. The Hall–Kier alpha value is -3.84. The molecule has 0 radical (unpaired) electrons. The summed E-state index contributed by atoms with van der Waals surface area (Å²) in [6.45, 7) is 0. The minimum atomic E-state index is 1.19. The fourth-order valence-electron chi connectivity index (χ4n) is 5.17. The zero-order chi connectivity index (χ0) is 18.9. The van der Waals surface area contributed by atoms with Crippen molar-refractivity contribution >= 4 is 32.6 Å². The van der Waals surface area contributed by atoms with Crippen LogP contribution in [-0.4, -0.2) is 4.98 Å². The maximum atomic E-state index is 3.63. The maximum absolute atomic E-state index is 3.63. The largest absolute Gasteiger partial charge is 0.354 e. The number of nitrogens with one attached hydrogen (secondary N) is 1. The molecule has 1 aliphatic rings. The van der Waals surface area contributed by atoms with Crippen LogP contribution in [0.1, 0.15) is 0 Å². The number of aromatic nitrogens is 1. The second-order valence-electron chi connectivity index (χ2n) is 7.84. The molecule has 0 saturated heterocycles. The summed E-state index contributed by atoms with van der Waals surface area (Å²) in [4.78, 5) is 3.63. The summed E-state index contributed by atoms with van der Waals surface area (Å²) in [5.41, 5.74) is 10.3. The second-order valence-corrected chi connectivity index (χ2v) is 7.84. The minimum absolute atomic E-state index is 1.19. The molecule has 5 aromatic carbocycles. The molecular weight excluding hydrogens is 350 g/mol. The third-order valence-electron chi connectivity index (χ3n) is 6.35. The number of hydrogen-bond donors (Lipinski definition) is 1. The van der Waals surface area contributed by atoms with E-state index < -0.39 is 0 Å². The number of H-pyrrole nitrogens is 1. The Labute approximate surface area is 168 Å². The van der Waals surface area contributed by atoms with Gasteiger partial charge in [0, 0.05) is 27.4 Å². The van der Waals surface area contributed by atoms with E-state index in [0.717, 1.165) is 0 Å². The van der Waals surface area contributed by atoms with Crippen molar-refractivity contribution in [1.29, 1.82) is 0 Å². The van der Waals surface area contributed by atoms with Gasteiger partial charge in [0.1, 0.15) is 0 Å². The molecule has 1 heteroatoms. The van der Waals surface area contributed by atoms with Gasteiger partial charge in [0.25, 0.3) is 0 Å². The first-order valence-corrected chi connectivity index (χ1v) is 10.1. The van der Waals surface area contributed by atoms with Crippen molar-refractivity contribution in [1.82, 2.24) is 4.98 Å². The number of benzene rings is 5. The van der Waals surface area contributed by atoms with Crippen LogP contribution in [0.3, 0.4) is 0 Å². The van der Waals surface area contributed by atoms with E-state index in [1.165, 1.54) is 66.0 Å². The molecule has 1 N–H and O–H groups in total. The van der Waals surface area contributed by atoms with Crippen molar-refractivity contribution in [2.75, 3.05) is 0 Å². The number of aromatic amines is 1. The lowest BCUT2D eigenvalue weighted by Gasteiger charge is -2.13. The Morgan fingerprint density at radius 2 is 1.10 bits per heavy atom. The number of fused-ring (bicyclic) bond motifs is 9. The minimum Gasteiger partial charge on any atom is -0.354 e. The van der Waals surface area contributed by atoms with Crippen molar-refractivity contribution in [2.24, 2.45) is 0 Å². The summed E-state index contributed by atoms with van der Waals surface area (Å²) in [7, 11) is 0. The molecule has 0 aliphatic heterocycles. The van der Waals surface area contributed by atoms with E-state index in [1.54, 1.807) is 0 Å². The van der Waals surface area contributed by atoms with Crippen molar-refractivity contribution < 1.29 is 0 Å². The lowest BCUT2D eigenvalue weighted by molar-refractivity contribution is 1.54. The van der Waals surface area contributed by atoms with Gasteiger partial charge in [-0.2, -0.15) is 0 Å². The van der Waals surface area contributed by atoms with Crippen molar-refractivity contribution in [2.45, 2.75) is 0 Å². The van der Waals surface area contributed by atoms with Gasteiger partial charge in [-0.25, -0.2) is 0 Å². The van der Waals surface area contributed by atoms with Crippen LogP contribution in [0.4, 0.5) is 0 Å². The molecule has 0 bridgehead atoms. The molecular formula is C28H17N. The van der Waals surface area contributed by atoms with Crippen molar-refractivity contribution in [3.05, 3.63) is 97.1 Å². The molecule has 0 spiro atoms.